The lowest BCUT2D eigenvalue weighted by Gasteiger charge is -2.10. The first-order chi connectivity index (χ1) is 7.68. The maximum atomic E-state index is 9.99. The molecule has 2 heterocycles. The molecule has 4 heteroatoms. The van der Waals surface area contributed by atoms with Crippen LogP contribution in [-0.4, -0.2) is 10.1 Å². The molecule has 0 fully saturated rings. The number of aliphatic hydroxyl groups is 1. The van der Waals surface area contributed by atoms with E-state index in [0.717, 1.165) is 11.1 Å². The van der Waals surface area contributed by atoms with Gasteiger partial charge >= 0.3 is 0 Å². The summed E-state index contributed by atoms with van der Waals surface area (Å²) >= 11 is 0. The summed E-state index contributed by atoms with van der Waals surface area (Å²) < 4.78 is 5.23. The summed E-state index contributed by atoms with van der Waals surface area (Å²) in [7, 11) is 0. The van der Waals surface area contributed by atoms with Gasteiger partial charge < -0.3 is 15.3 Å². The van der Waals surface area contributed by atoms with Crippen LogP contribution in [0.25, 0.3) is 0 Å². The Labute approximate surface area is 93.7 Å². The van der Waals surface area contributed by atoms with Gasteiger partial charge in [0.25, 0.3) is 0 Å². The van der Waals surface area contributed by atoms with Crippen molar-refractivity contribution < 1.29 is 9.52 Å². The second kappa shape index (κ2) is 4.37. The summed E-state index contributed by atoms with van der Waals surface area (Å²) in [5.74, 6) is 1.04. The number of nitrogens with two attached hydrogens (primary N) is 1. The number of furan rings is 1. The number of aryl methyl sites for hydroxylation is 1. The third kappa shape index (κ3) is 2.06. The van der Waals surface area contributed by atoms with Crippen LogP contribution in [0.5, 0.6) is 0 Å². The number of hydrogen-bond acceptors (Lipinski definition) is 4. The first-order valence-electron chi connectivity index (χ1n) is 5.10. The van der Waals surface area contributed by atoms with Crippen molar-refractivity contribution in [3.05, 3.63) is 47.5 Å². The second-order valence-electron chi connectivity index (χ2n) is 3.74. The SMILES string of the molecule is Cc1ccoc1C(O)Cc1cccnc1N. The van der Waals surface area contributed by atoms with Gasteiger partial charge in [-0.05, 0) is 30.2 Å². The van der Waals surface area contributed by atoms with Gasteiger partial charge in [0.05, 0.1) is 6.26 Å². The van der Waals surface area contributed by atoms with Crippen molar-refractivity contribution in [3.8, 4) is 0 Å². The van der Waals surface area contributed by atoms with Crippen LogP contribution in [0, 0.1) is 6.92 Å². The molecule has 0 saturated carbocycles. The van der Waals surface area contributed by atoms with E-state index in [-0.39, 0.29) is 0 Å². The minimum Gasteiger partial charge on any atom is -0.466 e. The Hall–Kier alpha value is -1.81. The van der Waals surface area contributed by atoms with Crippen molar-refractivity contribution in [2.75, 3.05) is 5.73 Å². The molecule has 4 nitrogen and oxygen atoms in total. The van der Waals surface area contributed by atoms with E-state index in [4.69, 9.17) is 10.2 Å². The third-order valence-electron chi connectivity index (χ3n) is 2.54. The van der Waals surface area contributed by atoms with E-state index < -0.39 is 6.10 Å². The molecule has 1 unspecified atom stereocenters. The fraction of sp³-hybridized carbons (Fsp3) is 0.250. The average molecular weight is 218 g/mol. The van der Waals surface area contributed by atoms with E-state index in [9.17, 15) is 5.11 Å². The molecule has 2 aromatic heterocycles. The van der Waals surface area contributed by atoms with Crippen molar-refractivity contribution in [3.63, 3.8) is 0 Å². The monoisotopic (exact) mass is 218 g/mol. The molecule has 0 saturated heterocycles. The highest BCUT2D eigenvalue weighted by molar-refractivity contribution is 5.39. The van der Waals surface area contributed by atoms with Gasteiger partial charge in [-0.15, -0.1) is 0 Å². The second-order valence-corrected chi connectivity index (χ2v) is 3.74. The zero-order chi connectivity index (χ0) is 11.5. The summed E-state index contributed by atoms with van der Waals surface area (Å²) in [5.41, 5.74) is 7.47. The summed E-state index contributed by atoms with van der Waals surface area (Å²) in [4.78, 5) is 3.97. The first-order valence-corrected chi connectivity index (χ1v) is 5.10. The van der Waals surface area contributed by atoms with Gasteiger partial charge in [0.2, 0.25) is 0 Å². The topological polar surface area (TPSA) is 72.3 Å². The van der Waals surface area contributed by atoms with Crippen LogP contribution in [0.2, 0.25) is 0 Å². The maximum Gasteiger partial charge on any atom is 0.135 e. The average Bonchev–Trinajstić information content (AvgIpc) is 2.68. The minimum absolute atomic E-state index is 0.411. The Morgan fingerprint density at radius 3 is 2.94 bits per heavy atom. The number of anilines is 1. The van der Waals surface area contributed by atoms with Crippen molar-refractivity contribution >= 4 is 5.82 Å². The standard InChI is InChI=1S/C12H14N2O2/c1-8-4-6-16-11(8)10(15)7-9-3-2-5-14-12(9)13/h2-6,10,15H,7H2,1H3,(H2,13,14). The van der Waals surface area contributed by atoms with E-state index in [2.05, 4.69) is 4.98 Å². The summed E-state index contributed by atoms with van der Waals surface area (Å²) in [6.07, 6.45) is 2.93. The smallest absolute Gasteiger partial charge is 0.135 e. The molecular formula is C12H14N2O2. The zero-order valence-electron chi connectivity index (χ0n) is 9.05. The van der Waals surface area contributed by atoms with E-state index in [0.29, 0.717) is 18.0 Å². The van der Waals surface area contributed by atoms with Gasteiger partial charge in [0, 0.05) is 12.6 Å². The van der Waals surface area contributed by atoms with Gasteiger partial charge in [-0.2, -0.15) is 0 Å². The summed E-state index contributed by atoms with van der Waals surface area (Å²) in [6, 6.07) is 5.47. The molecule has 16 heavy (non-hydrogen) atoms. The highest BCUT2D eigenvalue weighted by Gasteiger charge is 2.15. The predicted molar refractivity (Wildman–Crippen MR) is 60.8 cm³/mol. The zero-order valence-corrected chi connectivity index (χ0v) is 9.05. The Balaban J connectivity index is 2.17. The molecule has 2 rings (SSSR count). The number of nitrogens with zero attached hydrogens (tertiary/aromatic N) is 1. The summed E-state index contributed by atoms with van der Waals surface area (Å²) in [6.45, 7) is 1.90. The van der Waals surface area contributed by atoms with Crippen molar-refractivity contribution in [1.29, 1.82) is 0 Å². The fourth-order valence-electron chi connectivity index (χ4n) is 1.65. The molecule has 84 valence electrons. The van der Waals surface area contributed by atoms with Gasteiger partial charge in [-0.25, -0.2) is 4.98 Å². The molecule has 0 bridgehead atoms. The quantitative estimate of drug-likeness (QED) is 0.824. The number of rotatable bonds is 3. The fourth-order valence-corrected chi connectivity index (χ4v) is 1.65. The number of aliphatic hydroxyl groups excluding tert-OH is 1. The highest BCUT2D eigenvalue weighted by Crippen LogP contribution is 2.23. The van der Waals surface area contributed by atoms with Crippen molar-refractivity contribution in [2.45, 2.75) is 19.4 Å². The molecule has 0 spiro atoms. The molecule has 0 radical (unpaired) electrons. The Bertz CT molecular complexity index is 479. The third-order valence-corrected chi connectivity index (χ3v) is 2.54. The maximum absolute atomic E-state index is 9.99. The molecule has 0 amide bonds. The van der Waals surface area contributed by atoms with Crippen LogP contribution < -0.4 is 5.73 Å². The Morgan fingerprint density at radius 1 is 1.50 bits per heavy atom. The van der Waals surface area contributed by atoms with Crippen LogP contribution in [0.1, 0.15) is 23.0 Å². The van der Waals surface area contributed by atoms with E-state index in [1.54, 1.807) is 18.5 Å². The predicted octanol–water partition coefficient (Wildman–Crippen LogP) is 1.84. The molecule has 0 aliphatic rings. The Kier molecular flexibility index (Phi) is 2.92. The number of aromatic nitrogens is 1. The van der Waals surface area contributed by atoms with Gasteiger partial charge in [-0.3, -0.25) is 0 Å². The molecule has 0 aromatic carbocycles. The van der Waals surface area contributed by atoms with Crippen LogP contribution in [0.3, 0.4) is 0 Å². The van der Waals surface area contributed by atoms with Crippen molar-refractivity contribution in [1.82, 2.24) is 4.98 Å². The summed E-state index contributed by atoms with van der Waals surface area (Å²) in [5, 5.41) is 9.99. The van der Waals surface area contributed by atoms with Crippen LogP contribution in [0.4, 0.5) is 5.82 Å². The normalized spacial score (nSPS) is 12.6. The minimum atomic E-state index is -0.679. The lowest BCUT2D eigenvalue weighted by atomic mass is 10.1. The largest absolute Gasteiger partial charge is 0.466 e. The molecular weight excluding hydrogens is 204 g/mol. The van der Waals surface area contributed by atoms with Crippen LogP contribution >= 0.6 is 0 Å². The molecule has 2 aromatic rings. The molecule has 0 aliphatic heterocycles. The van der Waals surface area contributed by atoms with E-state index in [1.165, 1.54) is 0 Å². The number of nitrogen functional groups attached to an aromatic ring is 1. The van der Waals surface area contributed by atoms with Crippen molar-refractivity contribution in [2.24, 2.45) is 0 Å². The number of pyridine rings is 1. The Morgan fingerprint density at radius 2 is 2.31 bits per heavy atom. The lowest BCUT2D eigenvalue weighted by Crippen LogP contribution is -2.05. The van der Waals surface area contributed by atoms with Crippen LogP contribution in [0.15, 0.2) is 35.1 Å². The molecule has 3 N–H and O–H groups in total. The van der Waals surface area contributed by atoms with Crippen LogP contribution in [-0.2, 0) is 6.42 Å². The molecule has 1 atom stereocenters. The lowest BCUT2D eigenvalue weighted by molar-refractivity contribution is 0.149. The van der Waals surface area contributed by atoms with Gasteiger partial charge in [-0.1, -0.05) is 6.07 Å². The number of hydrogen-bond donors (Lipinski definition) is 2. The van der Waals surface area contributed by atoms with E-state index >= 15 is 0 Å². The van der Waals surface area contributed by atoms with Gasteiger partial charge in [0.1, 0.15) is 17.7 Å². The highest BCUT2D eigenvalue weighted by atomic mass is 16.4. The first kappa shape index (κ1) is 10.7. The van der Waals surface area contributed by atoms with E-state index in [1.807, 2.05) is 19.1 Å². The molecule has 0 aliphatic carbocycles. The van der Waals surface area contributed by atoms with Gasteiger partial charge in [0.15, 0.2) is 0 Å².